The summed E-state index contributed by atoms with van der Waals surface area (Å²) in [6.45, 7) is -0.472. The zero-order valence-electron chi connectivity index (χ0n) is 27.3. The number of hydrogen-bond donors (Lipinski definition) is 1. The molecule has 4 aromatic heterocycles. The first-order chi connectivity index (χ1) is 24.4. The van der Waals surface area contributed by atoms with Gasteiger partial charge in [0.15, 0.2) is 5.69 Å². The van der Waals surface area contributed by atoms with Gasteiger partial charge in [0.2, 0.25) is 5.91 Å². The van der Waals surface area contributed by atoms with E-state index in [9.17, 15) is 41.2 Å². The number of nitrogens with one attached hydrogen (secondary N) is 1. The summed E-state index contributed by atoms with van der Waals surface area (Å²) in [6.07, 6.45) is -3.08. The maximum Gasteiger partial charge on any atom is 0.435 e. The third-order valence-electron chi connectivity index (χ3n) is 8.49. The molecule has 52 heavy (non-hydrogen) atoms. The van der Waals surface area contributed by atoms with Crippen molar-refractivity contribution in [3.63, 3.8) is 0 Å². The highest BCUT2D eigenvalue weighted by molar-refractivity contribution is 9.10. The zero-order valence-corrected chi connectivity index (χ0v) is 28.9. The molecule has 0 bridgehead atoms. The minimum atomic E-state index is -4.73. The van der Waals surface area contributed by atoms with Crippen molar-refractivity contribution in [1.29, 1.82) is 5.26 Å². The molecule has 1 aliphatic heterocycles. The predicted octanol–water partition coefficient (Wildman–Crippen LogP) is 5.56. The maximum atomic E-state index is 15.6. The first-order valence-corrected chi connectivity index (χ1v) is 16.2. The minimum absolute atomic E-state index is 0.000822. The number of carbonyl (C=O) groups is 2. The number of benzene rings is 1. The zero-order chi connectivity index (χ0) is 37.9. The Morgan fingerprint density at radius 2 is 1.88 bits per heavy atom. The second kappa shape index (κ2) is 13.3. The number of carbonyl (C=O) groups excluding carboxylic acids is 2. The summed E-state index contributed by atoms with van der Waals surface area (Å²) in [6, 6.07) is 4.97. The van der Waals surface area contributed by atoms with Crippen LogP contribution >= 0.6 is 15.9 Å². The average molecular weight is 796 g/mol. The van der Waals surface area contributed by atoms with Gasteiger partial charge in [0.05, 0.1) is 40.6 Å². The maximum absolute atomic E-state index is 15.6. The number of fused-ring (bicyclic) bond motifs is 2. The van der Waals surface area contributed by atoms with Gasteiger partial charge in [-0.2, -0.15) is 41.8 Å². The van der Waals surface area contributed by atoms with Crippen molar-refractivity contribution in [1.82, 2.24) is 44.5 Å². The highest BCUT2D eigenvalue weighted by Gasteiger charge is 2.40. The average Bonchev–Trinajstić information content (AvgIpc) is 3.76. The molecule has 2 amide bonds. The third kappa shape index (κ3) is 6.83. The first kappa shape index (κ1) is 36.5. The number of pyridine rings is 1. The summed E-state index contributed by atoms with van der Waals surface area (Å²) in [5, 5.41) is 23.5. The fraction of sp³-hybridized carbons (Fsp3) is 0.344. The summed E-state index contributed by atoms with van der Waals surface area (Å²) >= 11 is 3.04. The third-order valence-corrected chi connectivity index (χ3v) is 9.13. The molecule has 0 radical (unpaired) electrons. The van der Waals surface area contributed by atoms with Gasteiger partial charge in [0, 0.05) is 37.8 Å². The number of aromatic nitrogens is 7. The Morgan fingerprint density at radius 3 is 2.52 bits per heavy atom. The molecule has 6 rings (SSSR count). The molecule has 0 saturated carbocycles. The molecule has 0 unspecified atom stereocenters. The lowest BCUT2D eigenvalue weighted by Gasteiger charge is -2.37. The van der Waals surface area contributed by atoms with E-state index < -0.39 is 59.1 Å². The number of halogens is 8. The van der Waals surface area contributed by atoms with E-state index >= 15 is 4.39 Å². The van der Waals surface area contributed by atoms with Crippen molar-refractivity contribution in [2.24, 2.45) is 7.05 Å². The number of nitriles is 1. The van der Waals surface area contributed by atoms with Gasteiger partial charge < -0.3 is 10.2 Å². The molecule has 0 saturated heterocycles. The van der Waals surface area contributed by atoms with Crippen LogP contribution in [-0.2, 0) is 37.4 Å². The van der Waals surface area contributed by atoms with Crippen LogP contribution in [0.2, 0.25) is 0 Å². The van der Waals surface area contributed by atoms with Gasteiger partial charge in [0.1, 0.15) is 28.0 Å². The van der Waals surface area contributed by atoms with Crippen molar-refractivity contribution in [2.75, 3.05) is 6.54 Å². The normalized spacial score (nSPS) is 14.2. The molecule has 1 atom stereocenters. The fourth-order valence-electron chi connectivity index (χ4n) is 6.16. The lowest BCUT2D eigenvalue weighted by molar-refractivity contribution is -0.141. The summed E-state index contributed by atoms with van der Waals surface area (Å²) in [7, 11) is 1.47. The molecule has 1 aromatic carbocycles. The van der Waals surface area contributed by atoms with Crippen LogP contribution in [-0.4, -0.2) is 69.2 Å². The first-order valence-electron chi connectivity index (χ1n) is 15.4. The van der Waals surface area contributed by atoms with Crippen molar-refractivity contribution in [3.8, 4) is 17.3 Å². The van der Waals surface area contributed by atoms with E-state index in [4.69, 9.17) is 0 Å². The van der Waals surface area contributed by atoms with E-state index in [0.29, 0.717) is 4.68 Å². The fourth-order valence-corrected chi connectivity index (χ4v) is 6.58. The molecule has 12 nitrogen and oxygen atoms in total. The molecule has 0 spiro atoms. The minimum Gasteiger partial charge on any atom is -0.348 e. The number of alkyl halides is 5. The van der Waals surface area contributed by atoms with Gasteiger partial charge in [0.25, 0.3) is 11.9 Å². The molecule has 272 valence electrons. The van der Waals surface area contributed by atoms with Crippen LogP contribution in [0.15, 0.2) is 41.3 Å². The summed E-state index contributed by atoms with van der Waals surface area (Å²) in [5.41, 5.74) is -2.41. The highest BCUT2D eigenvalue weighted by atomic mass is 79.9. The monoisotopic (exact) mass is 794 g/mol. The smallest absolute Gasteiger partial charge is 0.348 e. The Balaban J connectivity index is 1.36. The predicted molar refractivity (Wildman–Crippen MR) is 171 cm³/mol. The molecule has 1 N–H and O–H groups in total. The number of nitrogens with zero attached hydrogens (tertiary/aromatic N) is 9. The van der Waals surface area contributed by atoms with E-state index in [1.54, 1.807) is 0 Å². The van der Waals surface area contributed by atoms with E-state index in [1.807, 2.05) is 6.07 Å². The highest BCUT2D eigenvalue weighted by Crippen LogP contribution is 2.36. The number of hydrogen-bond acceptors (Lipinski definition) is 7. The van der Waals surface area contributed by atoms with Gasteiger partial charge in [-0.15, -0.1) is 5.10 Å². The van der Waals surface area contributed by atoms with Crippen LogP contribution in [0, 0.1) is 23.1 Å². The van der Waals surface area contributed by atoms with Crippen LogP contribution in [0.3, 0.4) is 0 Å². The van der Waals surface area contributed by atoms with Crippen LogP contribution in [0.1, 0.15) is 53.1 Å². The summed E-state index contributed by atoms with van der Waals surface area (Å²) in [4.78, 5) is 33.6. The van der Waals surface area contributed by atoms with Gasteiger partial charge >= 0.3 is 12.7 Å². The Morgan fingerprint density at radius 1 is 1.15 bits per heavy atom. The van der Waals surface area contributed by atoms with Crippen molar-refractivity contribution < 1.29 is 40.3 Å². The van der Waals surface area contributed by atoms with Crippen LogP contribution in [0.4, 0.5) is 30.7 Å². The van der Waals surface area contributed by atoms with Gasteiger partial charge in [-0.05, 0) is 65.5 Å². The largest absolute Gasteiger partial charge is 0.435 e. The summed E-state index contributed by atoms with van der Waals surface area (Å²) in [5.74, 6) is -3.64. The number of rotatable bonds is 9. The number of amides is 2. The van der Waals surface area contributed by atoms with E-state index in [0.717, 1.165) is 34.1 Å². The second-order valence-corrected chi connectivity index (χ2v) is 13.5. The quantitative estimate of drug-likeness (QED) is 0.193. The summed E-state index contributed by atoms with van der Waals surface area (Å²) < 4.78 is 99.3. The Labute approximate surface area is 297 Å². The topological polar surface area (TPSA) is 140 Å². The van der Waals surface area contributed by atoms with Crippen molar-refractivity contribution >= 4 is 38.8 Å². The van der Waals surface area contributed by atoms with E-state index in [2.05, 4.69) is 41.5 Å². The standard InChI is InChI=1S/C32H26BrF7N10O2/c1-31(2,14-50-23(33)10-22(45-50)32(38,39)40)44-28(51)21(8-15-12-42-49(13-15)30(36)37)48-7-6-17-18(4-5-19(34)24(17)29(48)52)25-16(11-41)9-20-26(43-25)27(35)46-47(20)3/h4-5,9-10,12-13,21,30H,6-8,14H2,1-3H3,(H,44,51)/t21-/m1/s1. The Kier molecular flexibility index (Phi) is 9.36. The van der Waals surface area contributed by atoms with E-state index in [1.165, 1.54) is 37.7 Å². The van der Waals surface area contributed by atoms with Gasteiger partial charge in [-0.1, -0.05) is 0 Å². The Bertz CT molecular complexity index is 2270. The second-order valence-electron chi connectivity index (χ2n) is 12.7. The molecule has 1 aliphatic rings. The van der Waals surface area contributed by atoms with E-state index in [-0.39, 0.29) is 69.5 Å². The molecular formula is C32H26BrF7N10O2. The van der Waals surface area contributed by atoms with Crippen LogP contribution in [0.5, 0.6) is 0 Å². The molecule has 0 aliphatic carbocycles. The molecule has 5 aromatic rings. The Hall–Kier alpha value is -5.32. The lowest BCUT2D eigenvalue weighted by atomic mass is 9.89. The van der Waals surface area contributed by atoms with Gasteiger partial charge in [-0.3, -0.25) is 19.0 Å². The van der Waals surface area contributed by atoms with Crippen LogP contribution < -0.4 is 5.32 Å². The lowest BCUT2D eigenvalue weighted by Crippen LogP contribution is -2.58. The van der Waals surface area contributed by atoms with Crippen molar-refractivity contribution in [3.05, 3.63) is 81.0 Å². The number of aryl methyl sites for hydroxylation is 1. The molecule has 20 heteroatoms. The molecular weight excluding hydrogens is 769 g/mol. The SMILES string of the molecule is Cn1nc(F)c2nc(-c3ccc(F)c4c3CCN([C@H](Cc3cnn(C(F)F)c3)C(=O)NC(C)(C)Cn3nc(C(F)(F)F)cc3Br)C4=O)c(C#N)cc21. The van der Waals surface area contributed by atoms with Crippen LogP contribution in [0.25, 0.3) is 22.3 Å². The van der Waals surface area contributed by atoms with Crippen molar-refractivity contribution in [2.45, 2.75) is 57.5 Å². The molecule has 0 fully saturated rings. The van der Waals surface area contributed by atoms with Gasteiger partial charge in [-0.25, -0.2) is 14.1 Å². The molecule has 5 heterocycles.